The van der Waals surface area contributed by atoms with E-state index < -0.39 is 11.4 Å². The number of nitrogens with zero attached hydrogens (tertiary/aromatic N) is 1. The van der Waals surface area contributed by atoms with Crippen molar-refractivity contribution in [2.24, 2.45) is 11.3 Å². The fraction of sp³-hybridized carbons (Fsp3) is 0.579. The molecule has 0 bridgehead atoms. The van der Waals surface area contributed by atoms with E-state index in [1.54, 1.807) is 4.90 Å². The van der Waals surface area contributed by atoms with Gasteiger partial charge in [-0.2, -0.15) is 0 Å². The first-order chi connectivity index (χ1) is 11.6. The number of nitrogens with one attached hydrogen (secondary N) is 1. The van der Waals surface area contributed by atoms with Gasteiger partial charge < -0.3 is 15.3 Å². The predicted molar refractivity (Wildman–Crippen MR) is 89.7 cm³/mol. The summed E-state index contributed by atoms with van der Waals surface area (Å²) in [4.78, 5) is 26.0. The van der Waals surface area contributed by atoms with E-state index in [9.17, 15) is 14.7 Å². The number of hydrogen-bond acceptors (Lipinski definition) is 2. The number of likely N-dealkylation sites (tertiary alicyclic amines) is 1. The van der Waals surface area contributed by atoms with Gasteiger partial charge in [0.25, 0.3) is 0 Å². The van der Waals surface area contributed by atoms with Gasteiger partial charge in [0.2, 0.25) is 0 Å². The smallest absolute Gasteiger partial charge is 0.317 e. The second-order valence-electron chi connectivity index (χ2n) is 7.74. The molecule has 0 spiro atoms. The summed E-state index contributed by atoms with van der Waals surface area (Å²) in [5.41, 5.74) is 0.663. The van der Waals surface area contributed by atoms with Gasteiger partial charge in [0.05, 0.1) is 5.41 Å². The van der Waals surface area contributed by atoms with Gasteiger partial charge in [-0.05, 0) is 37.2 Å². The number of urea groups is 1. The van der Waals surface area contributed by atoms with E-state index in [4.69, 9.17) is 0 Å². The lowest BCUT2D eigenvalue weighted by Gasteiger charge is -2.24. The highest BCUT2D eigenvalue weighted by Crippen LogP contribution is 2.49. The molecule has 1 aromatic carbocycles. The van der Waals surface area contributed by atoms with Crippen molar-refractivity contribution in [3.05, 3.63) is 35.9 Å². The van der Waals surface area contributed by atoms with Crippen molar-refractivity contribution >= 4 is 12.0 Å². The van der Waals surface area contributed by atoms with Gasteiger partial charge in [0.1, 0.15) is 0 Å². The fourth-order valence-corrected chi connectivity index (χ4v) is 4.66. The maximum absolute atomic E-state index is 12.6. The number of carbonyl (C=O) groups excluding carboxylic acids is 1. The van der Waals surface area contributed by atoms with Gasteiger partial charge in [-0.15, -0.1) is 0 Å². The summed E-state index contributed by atoms with van der Waals surface area (Å²) < 4.78 is 0. The van der Waals surface area contributed by atoms with Gasteiger partial charge in [-0.25, -0.2) is 4.79 Å². The zero-order chi connectivity index (χ0) is 16.8. The van der Waals surface area contributed by atoms with Crippen molar-refractivity contribution in [1.82, 2.24) is 10.2 Å². The summed E-state index contributed by atoms with van der Waals surface area (Å²) in [7, 11) is 0. The van der Waals surface area contributed by atoms with Crippen LogP contribution >= 0.6 is 0 Å². The van der Waals surface area contributed by atoms with Crippen LogP contribution in [0.2, 0.25) is 0 Å². The SMILES string of the molecule is O=C(NCC1(c2ccccc2)CC1)N1C[C@@H]2CCC[C@@]2(C(=O)O)C1. The molecule has 5 heteroatoms. The van der Waals surface area contributed by atoms with E-state index in [1.807, 2.05) is 18.2 Å². The molecule has 2 aliphatic carbocycles. The van der Waals surface area contributed by atoms with Gasteiger partial charge in [-0.1, -0.05) is 36.8 Å². The molecule has 2 N–H and O–H groups in total. The predicted octanol–water partition coefficient (Wildman–Crippen LogP) is 2.61. The Bertz CT molecular complexity index is 656. The summed E-state index contributed by atoms with van der Waals surface area (Å²) in [6.07, 6.45) is 4.77. The number of hydrogen-bond donors (Lipinski definition) is 2. The van der Waals surface area contributed by atoms with Gasteiger partial charge in [-0.3, -0.25) is 4.79 Å². The number of carbonyl (C=O) groups is 2. The van der Waals surface area contributed by atoms with Gasteiger partial charge in [0.15, 0.2) is 0 Å². The molecule has 2 amide bonds. The molecular formula is C19H24N2O3. The Morgan fingerprint density at radius 1 is 1.21 bits per heavy atom. The lowest BCUT2D eigenvalue weighted by Crippen LogP contribution is -2.43. The highest BCUT2D eigenvalue weighted by atomic mass is 16.4. The van der Waals surface area contributed by atoms with Crippen molar-refractivity contribution < 1.29 is 14.7 Å². The van der Waals surface area contributed by atoms with Crippen molar-refractivity contribution in [3.8, 4) is 0 Å². The molecule has 5 nitrogen and oxygen atoms in total. The summed E-state index contributed by atoms with van der Waals surface area (Å²) in [5.74, 6) is -0.618. The van der Waals surface area contributed by atoms with E-state index in [0.717, 1.165) is 25.7 Å². The molecule has 128 valence electrons. The van der Waals surface area contributed by atoms with E-state index in [-0.39, 0.29) is 17.4 Å². The Balaban J connectivity index is 1.39. The van der Waals surface area contributed by atoms with Crippen molar-refractivity contribution in [2.75, 3.05) is 19.6 Å². The van der Waals surface area contributed by atoms with Crippen LogP contribution in [0.4, 0.5) is 4.79 Å². The zero-order valence-electron chi connectivity index (χ0n) is 13.8. The van der Waals surface area contributed by atoms with Crippen LogP contribution in [-0.2, 0) is 10.2 Å². The molecule has 0 radical (unpaired) electrons. The second kappa shape index (κ2) is 5.50. The lowest BCUT2D eigenvalue weighted by molar-refractivity contribution is -0.149. The first kappa shape index (κ1) is 15.5. The highest BCUT2D eigenvalue weighted by molar-refractivity contribution is 5.80. The van der Waals surface area contributed by atoms with E-state index in [2.05, 4.69) is 17.4 Å². The standard InChI is InChI=1S/C19H24N2O3/c22-16(23)19-8-4-7-15(19)11-21(13-19)17(24)20-12-18(9-10-18)14-5-2-1-3-6-14/h1-3,5-6,15H,4,7-13H2,(H,20,24)(H,22,23)/t15-,19+/m0/s1. The Hall–Kier alpha value is -2.04. The Labute approximate surface area is 142 Å². The van der Waals surface area contributed by atoms with Crippen LogP contribution in [0.1, 0.15) is 37.7 Å². The maximum atomic E-state index is 12.6. The molecule has 2 atom stereocenters. The van der Waals surface area contributed by atoms with Gasteiger partial charge >= 0.3 is 12.0 Å². The third kappa shape index (κ3) is 2.38. The normalized spacial score (nSPS) is 30.0. The second-order valence-corrected chi connectivity index (χ2v) is 7.74. The molecule has 3 aliphatic rings. The number of fused-ring (bicyclic) bond motifs is 1. The topological polar surface area (TPSA) is 69.6 Å². The minimum absolute atomic E-state index is 0.0804. The van der Waals surface area contributed by atoms with Crippen LogP contribution in [0.3, 0.4) is 0 Å². The molecule has 1 saturated heterocycles. The highest BCUT2D eigenvalue weighted by Gasteiger charge is 2.56. The summed E-state index contributed by atoms with van der Waals surface area (Å²) in [5, 5.41) is 12.7. The molecule has 4 rings (SSSR count). The first-order valence-corrected chi connectivity index (χ1v) is 8.88. The van der Waals surface area contributed by atoms with E-state index >= 15 is 0 Å². The number of carboxylic acid groups (broad SMARTS) is 1. The van der Waals surface area contributed by atoms with E-state index in [1.165, 1.54) is 5.56 Å². The lowest BCUT2D eigenvalue weighted by atomic mass is 9.81. The van der Waals surface area contributed by atoms with E-state index in [0.29, 0.717) is 26.1 Å². The molecule has 1 aliphatic heterocycles. The largest absolute Gasteiger partial charge is 0.481 e. The molecule has 2 saturated carbocycles. The van der Waals surface area contributed by atoms with Crippen molar-refractivity contribution in [1.29, 1.82) is 0 Å². The Kier molecular flexibility index (Phi) is 3.55. The third-order valence-corrected chi connectivity index (χ3v) is 6.40. The number of carboxylic acids is 1. The molecule has 0 unspecified atom stereocenters. The number of benzene rings is 1. The maximum Gasteiger partial charge on any atom is 0.317 e. The van der Waals surface area contributed by atoms with Crippen LogP contribution in [0.15, 0.2) is 30.3 Å². The molecule has 1 heterocycles. The summed E-state index contributed by atoms with van der Waals surface area (Å²) in [6, 6.07) is 10.2. The van der Waals surface area contributed by atoms with Crippen molar-refractivity contribution in [3.63, 3.8) is 0 Å². The Morgan fingerprint density at radius 3 is 2.58 bits per heavy atom. The van der Waals surface area contributed by atoms with Crippen LogP contribution in [0.25, 0.3) is 0 Å². The third-order valence-electron chi connectivity index (χ3n) is 6.40. The minimum atomic E-state index is -0.733. The molecule has 0 aromatic heterocycles. The number of aliphatic carboxylic acids is 1. The average molecular weight is 328 g/mol. The molecule has 1 aromatic rings. The van der Waals surface area contributed by atoms with Crippen LogP contribution in [-0.4, -0.2) is 41.6 Å². The van der Waals surface area contributed by atoms with Gasteiger partial charge in [0, 0.05) is 25.0 Å². The fourth-order valence-electron chi connectivity index (χ4n) is 4.66. The molecule has 24 heavy (non-hydrogen) atoms. The quantitative estimate of drug-likeness (QED) is 0.892. The first-order valence-electron chi connectivity index (χ1n) is 8.88. The average Bonchev–Trinajstić information content (AvgIpc) is 3.11. The van der Waals surface area contributed by atoms with Crippen LogP contribution in [0.5, 0.6) is 0 Å². The molecular weight excluding hydrogens is 304 g/mol. The van der Waals surface area contributed by atoms with Crippen molar-refractivity contribution in [2.45, 2.75) is 37.5 Å². The zero-order valence-corrected chi connectivity index (χ0v) is 13.8. The summed E-state index contributed by atoms with van der Waals surface area (Å²) >= 11 is 0. The Morgan fingerprint density at radius 2 is 1.96 bits per heavy atom. The minimum Gasteiger partial charge on any atom is -0.481 e. The summed E-state index contributed by atoms with van der Waals surface area (Å²) in [6.45, 7) is 1.57. The number of rotatable bonds is 4. The monoisotopic (exact) mass is 328 g/mol. The van der Waals surface area contributed by atoms with Crippen LogP contribution in [0, 0.1) is 11.3 Å². The molecule has 3 fully saturated rings. The van der Waals surface area contributed by atoms with Crippen LogP contribution < -0.4 is 5.32 Å². The number of amides is 2.